The average Bonchev–Trinajstić information content (AvgIpc) is 2.97. The molecular weight excluding hydrogens is 346 g/mol. The number of hydrogen-bond donors (Lipinski definition) is 2. The lowest BCUT2D eigenvalue weighted by molar-refractivity contribution is 0.0371. The monoisotopic (exact) mass is 367 g/mol. The highest BCUT2D eigenvalue weighted by Gasteiger charge is 2.17. The van der Waals surface area contributed by atoms with Crippen molar-refractivity contribution in [1.29, 1.82) is 0 Å². The van der Waals surface area contributed by atoms with Gasteiger partial charge in [-0.25, -0.2) is 4.79 Å². The summed E-state index contributed by atoms with van der Waals surface area (Å²) in [5, 5.41) is 3.44. The van der Waals surface area contributed by atoms with Crippen molar-refractivity contribution in [3.05, 3.63) is 53.5 Å². The van der Waals surface area contributed by atoms with Crippen LogP contribution >= 0.6 is 0 Å². The number of hydrogen-bond acceptors (Lipinski definition) is 5. The minimum absolute atomic E-state index is 0.191. The van der Waals surface area contributed by atoms with Crippen LogP contribution < -0.4 is 10.1 Å². The van der Waals surface area contributed by atoms with Crippen molar-refractivity contribution >= 4 is 22.8 Å². The number of benzene rings is 1. The lowest BCUT2D eigenvalue weighted by Crippen LogP contribution is -2.18. The lowest BCUT2D eigenvalue weighted by Gasteiger charge is -2.07. The molecule has 0 bridgehead atoms. The molecule has 2 heterocycles. The first-order valence-electron chi connectivity index (χ1n) is 8.58. The van der Waals surface area contributed by atoms with E-state index < -0.39 is 0 Å². The third-order valence-electron chi connectivity index (χ3n) is 4.00. The first-order chi connectivity index (χ1) is 12.9. The van der Waals surface area contributed by atoms with Crippen LogP contribution in [0, 0.1) is 6.92 Å². The third kappa shape index (κ3) is 3.92. The molecule has 0 unspecified atom stereocenters. The summed E-state index contributed by atoms with van der Waals surface area (Å²) in [4.78, 5) is 31.0. The van der Waals surface area contributed by atoms with Crippen LogP contribution in [0.25, 0.3) is 10.9 Å². The van der Waals surface area contributed by atoms with Crippen molar-refractivity contribution in [2.45, 2.75) is 26.9 Å². The molecule has 2 N–H and O–H groups in total. The zero-order chi connectivity index (χ0) is 19.6. The summed E-state index contributed by atoms with van der Waals surface area (Å²) in [5.41, 5.74) is 2.29. The number of rotatable bonds is 5. The number of H-pyrrole nitrogens is 1. The van der Waals surface area contributed by atoms with Gasteiger partial charge in [-0.15, -0.1) is 0 Å². The van der Waals surface area contributed by atoms with E-state index in [1.807, 2.05) is 26.8 Å². The van der Waals surface area contributed by atoms with Gasteiger partial charge >= 0.3 is 5.97 Å². The summed E-state index contributed by atoms with van der Waals surface area (Å²) < 4.78 is 11.1. The number of aromatic nitrogens is 2. The van der Waals surface area contributed by atoms with Gasteiger partial charge in [-0.2, -0.15) is 0 Å². The van der Waals surface area contributed by atoms with Gasteiger partial charge in [-0.3, -0.25) is 9.78 Å². The van der Waals surface area contributed by atoms with E-state index in [2.05, 4.69) is 15.3 Å². The lowest BCUT2D eigenvalue weighted by atomic mass is 10.1. The van der Waals surface area contributed by atoms with E-state index in [1.54, 1.807) is 31.3 Å². The van der Waals surface area contributed by atoms with E-state index in [0.717, 1.165) is 16.5 Å². The topological polar surface area (TPSA) is 93.3 Å². The summed E-state index contributed by atoms with van der Waals surface area (Å²) >= 11 is 0. The molecule has 2 aromatic heterocycles. The SMILES string of the molecule is CNC(=O)c1cc(Oc2ccc3c(C)c(C(=O)OC(C)C)[nH]c3c2)ccn1. The van der Waals surface area contributed by atoms with Gasteiger partial charge in [0, 0.05) is 30.8 Å². The summed E-state index contributed by atoms with van der Waals surface area (Å²) in [7, 11) is 1.54. The molecule has 7 heteroatoms. The molecule has 1 amide bonds. The van der Waals surface area contributed by atoms with Crippen LogP contribution in [0.1, 0.15) is 40.4 Å². The van der Waals surface area contributed by atoms with E-state index in [-0.39, 0.29) is 23.7 Å². The van der Waals surface area contributed by atoms with Crippen LogP contribution in [0.15, 0.2) is 36.5 Å². The second kappa shape index (κ2) is 7.49. The molecular formula is C20H21N3O4. The zero-order valence-corrected chi connectivity index (χ0v) is 15.6. The predicted molar refractivity (Wildman–Crippen MR) is 101 cm³/mol. The molecule has 0 saturated carbocycles. The van der Waals surface area contributed by atoms with Gasteiger partial charge in [-0.1, -0.05) is 0 Å². The third-order valence-corrected chi connectivity index (χ3v) is 4.00. The zero-order valence-electron chi connectivity index (χ0n) is 15.6. The largest absolute Gasteiger partial charge is 0.458 e. The molecule has 7 nitrogen and oxygen atoms in total. The van der Waals surface area contributed by atoms with Crippen molar-refractivity contribution in [2.75, 3.05) is 7.05 Å². The van der Waals surface area contributed by atoms with Crippen molar-refractivity contribution in [1.82, 2.24) is 15.3 Å². The predicted octanol–water partition coefficient (Wildman–Crippen LogP) is 3.59. The normalized spacial score (nSPS) is 10.9. The highest BCUT2D eigenvalue weighted by Crippen LogP contribution is 2.29. The van der Waals surface area contributed by atoms with Gasteiger partial charge in [0.25, 0.3) is 5.91 Å². The summed E-state index contributed by atoms with van der Waals surface area (Å²) in [6.45, 7) is 5.49. The number of fused-ring (bicyclic) bond motifs is 1. The second-order valence-corrected chi connectivity index (χ2v) is 6.34. The number of carbonyl (C=O) groups is 2. The molecule has 0 saturated heterocycles. The quantitative estimate of drug-likeness (QED) is 0.672. The van der Waals surface area contributed by atoms with Gasteiger partial charge in [0.15, 0.2) is 0 Å². The maximum atomic E-state index is 12.2. The number of aromatic amines is 1. The Hall–Kier alpha value is -3.35. The van der Waals surface area contributed by atoms with Crippen LogP contribution in [-0.2, 0) is 4.74 Å². The van der Waals surface area contributed by atoms with Gasteiger partial charge < -0.3 is 19.8 Å². The van der Waals surface area contributed by atoms with Gasteiger partial charge in [-0.05, 0) is 44.5 Å². The molecule has 0 spiro atoms. The molecule has 140 valence electrons. The van der Waals surface area contributed by atoms with Crippen LogP contribution in [-0.4, -0.2) is 35.0 Å². The molecule has 0 radical (unpaired) electrons. The Balaban J connectivity index is 1.89. The van der Waals surface area contributed by atoms with Crippen molar-refractivity contribution in [3.8, 4) is 11.5 Å². The summed E-state index contributed by atoms with van der Waals surface area (Å²) in [6.07, 6.45) is 1.32. The number of nitrogens with zero attached hydrogens (tertiary/aromatic N) is 1. The first kappa shape index (κ1) is 18.4. The molecule has 27 heavy (non-hydrogen) atoms. The van der Waals surface area contributed by atoms with E-state index in [1.165, 1.54) is 6.20 Å². The Morgan fingerprint density at radius 3 is 2.59 bits per heavy atom. The van der Waals surface area contributed by atoms with Crippen molar-refractivity contribution in [3.63, 3.8) is 0 Å². The Bertz CT molecular complexity index is 1010. The number of esters is 1. The van der Waals surface area contributed by atoms with Crippen LogP contribution in [0.4, 0.5) is 0 Å². The molecule has 0 aliphatic heterocycles. The first-order valence-corrected chi connectivity index (χ1v) is 8.58. The average molecular weight is 367 g/mol. The number of amides is 1. The number of carbonyl (C=O) groups excluding carboxylic acids is 2. The molecule has 3 aromatic rings. The maximum absolute atomic E-state index is 12.2. The minimum atomic E-state index is -0.384. The van der Waals surface area contributed by atoms with E-state index in [4.69, 9.17) is 9.47 Å². The Kier molecular flexibility index (Phi) is 5.12. The summed E-state index contributed by atoms with van der Waals surface area (Å²) in [5.74, 6) is 0.391. The molecule has 0 aliphatic rings. The van der Waals surface area contributed by atoms with Crippen LogP contribution in [0.2, 0.25) is 0 Å². The van der Waals surface area contributed by atoms with Gasteiger partial charge in [0.2, 0.25) is 0 Å². The Morgan fingerprint density at radius 2 is 1.89 bits per heavy atom. The highest BCUT2D eigenvalue weighted by molar-refractivity contribution is 5.98. The fourth-order valence-corrected chi connectivity index (χ4v) is 2.72. The van der Waals surface area contributed by atoms with Gasteiger partial charge in [0.05, 0.1) is 11.6 Å². The Labute approximate surface area is 156 Å². The smallest absolute Gasteiger partial charge is 0.355 e. The number of pyridine rings is 1. The standard InChI is InChI=1S/C20H21N3O4/c1-11(2)26-20(25)18-12(3)15-6-5-13(9-16(15)23-18)27-14-7-8-22-17(10-14)19(24)21-4/h5-11,23H,1-4H3,(H,21,24). The van der Waals surface area contributed by atoms with Crippen LogP contribution in [0.3, 0.4) is 0 Å². The number of aryl methyl sites for hydroxylation is 1. The van der Waals surface area contributed by atoms with E-state index >= 15 is 0 Å². The van der Waals surface area contributed by atoms with Gasteiger partial charge in [0.1, 0.15) is 22.9 Å². The minimum Gasteiger partial charge on any atom is -0.458 e. The molecule has 1 aromatic carbocycles. The van der Waals surface area contributed by atoms with Crippen LogP contribution in [0.5, 0.6) is 11.5 Å². The highest BCUT2D eigenvalue weighted by atomic mass is 16.5. The maximum Gasteiger partial charge on any atom is 0.355 e. The second-order valence-electron chi connectivity index (χ2n) is 6.34. The Morgan fingerprint density at radius 1 is 1.15 bits per heavy atom. The van der Waals surface area contributed by atoms with Crippen molar-refractivity contribution in [2.24, 2.45) is 0 Å². The molecule has 0 aliphatic carbocycles. The number of nitrogens with one attached hydrogen (secondary N) is 2. The van der Waals surface area contributed by atoms with Crippen molar-refractivity contribution < 1.29 is 19.1 Å². The van der Waals surface area contributed by atoms with E-state index in [0.29, 0.717) is 17.2 Å². The number of ether oxygens (including phenoxy) is 2. The van der Waals surface area contributed by atoms with E-state index in [9.17, 15) is 9.59 Å². The molecule has 0 fully saturated rings. The molecule has 0 atom stereocenters. The summed E-state index contributed by atoms with van der Waals surface area (Å²) in [6, 6.07) is 8.72. The fourth-order valence-electron chi connectivity index (χ4n) is 2.72. The molecule has 3 rings (SSSR count). The fraction of sp³-hybridized carbons (Fsp3) is 0.250.